The molecule has 2 heteroatoms. The van der Waals surface area contributed by atoms with Crippen molar-refractivity contribution in [1.82, 2.24) is 0 Å². The minimum Gasteiger partial charge on any atom is -0.463 e. The third kappa shape index (κ3) is 4.11. The molecule has 1 aromatic carbocycles. The summed E-state index contributed by atoms with van der Waals surface area (Å²) in [4.78, 5) is 0. The van der Waals surface area contributed by atoms with Crippen molar-refractivity contribution in [2.75, 3.05) is 0 Å². The average molecular weight is 274 g/mol. The molecule has 0 amide bonds. The molecule has 0 heterocycles. The van der Waals surface area contributed by atoms with E-state index in [1.165, 1.54) is 19.3 Å². The topological polar surface area (TPSA) is 18.5 Å². The molecule has 0 radical (unpaired) electrons. The third-order valence-corrected chi connectivity index (χ3v) is 4.06. The molecule has 0 aliphatic heterocycles. The minimum absolute atomic E-state index is 0.348. The van der Waals surface area contributed by atoms with Gasteiger partial charge >= 0.3 is 0 Å². The summed E-state index contributed by atoms with van der Waals surface area (Å²) >= 11 is 0. The van der Waals surface area contributed by atoms with Gasteiger partial charge in [0.25, 0.3) is 0 Å². The lowest BCUT2D eigenvalue weighted by atomic mass is 9.97. The van der Waals surface area contributed by atoms with Gasteiger partial charge in [0, 0.05) is 13.3 Å². The Morgan fingerprint density at radius 1 is 1.20 bits per heavy atom. The highest BCUT2D eigenvalue weighted by atomic mass is 16.7. The maximum absolute atomic E-state index is 6.25. The fourth-order valence-electron chi connectivity index (χ4n) is 2.64. The molecule has 0 saturated heterocycles. The van der Waals surface area contributed by atoms with Crippen LogP contribution in [0.5, 0.6) is 5.75 Å². The van der Waals surface area contributed by atoms with E-state index in [-0.39, 0.29) is 0 Å². The van der Waals surface area contributed by atoms with E-state index in [0.717, 1.165) is 30.6 Å². The van der Waals surface area contributed by atoms with Crippen molar-refractivity contribution in [3.63, 3.8) is 0 Å². The number of benzene rings is 1. The summed E-state index contributed by atoms with van der Waals surface area (Å²) in [5.41, 5.74) is 1.10. The molecule has 1 aliphatic carbocycles. The summed E-state index contributed by atoms with van der Waals surface area (Å²) < 4.78 is 12.3. The van der Waals surface area contributed by atoms with Crippen molar-refractivity contribution >= 4 is 6.08 Å². The monoisotopic (exact) mass is 274 g/mol. The molecule has 0 N–H and O–H groups in total. The Balaban J connectivity index is 1.99. The van der Waals surface area contributed by atoms with Gasteiger partial charge in [-0.3, -0.25) is 0 Å². The second-order valence-electron chi connectivity index (χ2n) is 5.74. The highest BCUT2D eigenvalue weighted by molar-refractivity contribution is 5.48. The van der Waals surface area contributed by atoms with Crippen LogP contribution >= 0.6 is 0 Å². The highest BCUT2D eigenvalue weighted by Gasteiger charge is 2.30. The molecule has 20 heavy (non-hydrogen) atoms. The molecule has 1 unspecified atom stereocenters. The summed E-state index contributed by atoms with van der Waals surface area (Å²) in [5, 5.41) is 0. The van der Waals surface area contributed by atoms with Gasteiger partial charge in [-0.25, -0.2) is 0 Å². The third-order valence-electron chi connectivity index (χ3n) is 4.06. The fraction of sp³-hybridized carbons (Fsp3) is 0.556. The van der Waals surface area contributed by atoms with E-state index in [1.54, 1.807) is 0 Å². The van der Waals surface area contributed by atoms with Gasteiger partial charge in [0.05, 0.1) is 6.10 Å². The van der Waals surface area contributed by atoms with Crippen molar-refractivity contribution in [3.8, 4) is 5.75 Å². The van der Waals surface area contributed by atoms with Crippen LogP contribution in [0, 0.1) is 0 Å². The van der Waals surface area contributed by atoms with Crippen LogP contribution in [0.3, 0.4) is 0 Å². The maximum Gasteiger partial charge on any atom is 0.207 e. The van der Waals surface area contributed by atoms with Crippen LogP contribution in [0.1, 0.15) is 57.9 Å². The van der Waals surface area contributed by atoms with Gasteiger partial charge in [0.15, 0.2) is 0 Å². The Morgan fingerprint density at radius 3 is 2.40 bits per heavy atom. The van der Waals surface area contributed by atoms with E-state index in [9.17, 15) is 0 Å². The molecule has 2 rings (SSSR count). The van der Waals surface area contributed by atoms with Crippen molar-refractivity contribution in [2.45, 2.75) is 64.3 Å². The number of ether oxygens (including phenoxy) is 2. The zero-order valence-corrected chi connectivity index (χ0v) is 12.7. The smallest absolute Gasteiger partial charge is 0.207 e. The van der Waals surface area contributed by atoms with Crippen molar-refractivity contribution in [1.29, 1.82) is 0 Å². The summed E-state index contributed by atoms with van der Waals surface area (Å²) in [7, 11) is 0. The standard InChI is InChI=1S/C18H26O2/c1-4-15-11-13-17(14-12-15)20-18(3,5-2)19-16-9-7-6-8-10-16/h4,11-14,16H,1,5-10H2,2-3H3. The van der Waals surface area contributed by atoms with Crippen LogP contribution in [-0.2, 0) is 4.74 Å². The summed E-state index contributed by atoms with van der Waals surface area (Å²) in [6.07, 6.45) is 9.24. The van der Waals surface area contributed by atoms with E-state index < -0.39 is 5.79 Å². The predicted octanol–water partition coefficient (Wildman–Crippen LogP) is 5.18. The van der Waals surface area contributed by atoms with E-state index in [0.29, 0.717) is 6.10 Å². The molecule has 1 atom stereocenters. The van der Waals surface area contributed by atoms with E-state index in [1.807, 2.05) is 37.3 Å². The van der Waals surface area contributed by atoms with Gasteiger partial charge < -0.3 is 9.47 Å². The molecule has 0 bridgehead atoms. The second-order valence-corrected chi connectivity index (χ2v) is 5.74. The summed E-state index contributed by atoms with van der Waals surface area (Å²) in [5.74, 6) is 0.327. The van der Waals surface area contributed by atoms with Crippen LogP contribution in [-0.4, -0.2) is 11.9 Å². The normalized spacial score (nSPS) is 19.3. The first kappa shape index (κ1) is 15.1. The zero-order valence-electron chi connectivity index (χ0n) is 12.7. The van der Waals surface area contributed by atoms with Crippen LogP contribution in [0.15, 0.2) is 30.8 Å². The lowest BCUT2D eigenvalue weighted by Crippen LogP contribution is -2.39. The van der Waals surface area contributed by atoms with Gasteiger partial charge in [-0.15, -0.1) is 0 Å². The first-order valence-electron chi connectivity index (χ1n) is 7.74. The van der Waals surface area contributed by atoms with Gasteiger partial charge in [0.2, 0.25) is 5.79 Å². The lowest BCUT2D eigenvalue weighted by Gasteiger charge is -2.35. The molecule has 1 aliphatic rings. The van der Waals surface area contributed by atoms with E-state index in [2.05, 4.69) is 13.5 Å². The number of hydrogen-bond acceptors (Lipinski definition) is 2. The Morgan fingerprint density at radius 2 is 1.85 bits per heavy atom. The first-order chi connectivity index (χ1) is 9.65. The molecule has 110 valence electrons. The quantitative estimate of drug-likeness (QED) is 0.665. The van der Waals surface area contributed by atoms with Crippen molar-refractivity contribution in [3.05, 3.63) is 36.4 Å². The minimum atomic E-state index is -0.530. The highest BCUT2D eigenvalue weighted by Crippen LogP contribution is 2.29. The lowest BCUT2D eigenvalue weighted by molar-refractivity contribution is -0.207. The average Bonchev–Trinajstić information content (AvgIpc) is 2.49. The Kier molecular flexibility index (Phi) is 5.24. The van der Waals surface area contributed by atoms with Gasteiger partial charge in [-0.1, -0.05) is 51.0 Å². The Bertz CT molecular complexity index is 418. The molecule has 2 nitrogen and oxygen atoms in total. The number of hydrogen-bond donors (Lipinski definition) is 0. The van der Waals surface area contributed by atoms with E-state index >= 15 is 0 Å². The largest absolute Gasteiger partial charge is 0.463 e. The van der Waals surface area contributed by atoms with Gasteiger partial charge in [-0.2, -0.15) is 0 Å². The summed E-state index contributed by atoms with van der Waals surface area (Å²) in [6, 6.07) is 7.99. The molecule has 1 aromatic rings. The molecular formula is C18H26O2. The van der Waals surface area contributed by atoms with E-state index in [4.69, 9.17) is 9.47 Å². The van der Waals surface area contributed by atoms with Crippen molar-refractivity contribution < 1.29 is 9.47 Å². The number of rotatable bonds is 6. The van der Waals surface area contributed by atoms with Gasteiger partial charge in [0.1, 0.15) is 5.75 Å². The van der Waals surface area contributed by atoms with Crippen LogP contribution in [0.4, 0.5) is 0 Å². The van der Waals surface area contributed by atoms with Crippen LogP contribution in [0.2, 0.25) is 0 Å². The fourth-order valence-corrected chi connectivity index (χ4v) is 2.64. The molecule has 1 saturated carbocycles. The van der Waals surface area contributed by atoms with Crippen LogP contribution in [0.25, 0.3) is 6.08 Å². The summed E-state index contributed by atoms with van der Waals surface area (Å²) in [6.45, 7) is 7.92. The molecule has 1 fully saturated rings. The molecule has 0 aromatic heterocycles. The Hall–Kier alpha value is -1.28. The van der Waals surface area contributed by atoms with Crippen LogP contribution < -0.4 is 4.74 Å². The molecular weight excluding hydrogens is 248 g/mol. The second kappa shape index (κ2) is 6.94. The van der Waals surface area contributed by atoms with Crippen molar-refractivity contribution in [2.24, 2.45) is 0 Å². The van der Waals surface area contributed by atoms with Gasteiger partial charge in [-0.05, 0) is 30.5 Å². The molecule has 0 spiro atoms. The maximum atomic E-state index is 6.25. The first-order valence-corrected chi connectivity index (χ1v) is 7.74. The SMILES string of the molecule is C=Cc1ccc(OC(C)(CC)OC2CCCCC2)cc1. The zero-order chi connectivity index (χ0) is 14.4. The Labute approximate surface area is 122 Å². The predicted molar refractivity (Wildman–Crippen MR) is 83.8 cm³/mol.